The smallest absolute Gasteiger partial charge is 0.277 e. The molecule has 0 spiro atoms. The number of aliphatic hydroxyl groups is 1. The molecule has 4 amide bonds. The van der Waals surface area contributed by atoms with Gasteiger partial charge in [-0.1, -0.05) is 11.6 Å². The lowest BCUT2D eigenvalue weighted by atomic mass is 10.3. The number of nitrogens with one attached hydrogen (secondary N) is 5. The molecule has 0 aliphatic carbocycles. The van der Waals surface area contributed by atoms with E-state index in [4.69, 9.17) is 21.4 Å². The zero-order valence-electron chi connectivity index (χ0n) is 27.3. The minimum absolute atomic E-state index is 0.0236. The summed E-state index contributed by atoms with van der Waals surface area (Å²) in [5.74, 6) is -1.67. The van der Waals surface area contributed by atoms with Crippen molar-refractivity contribution in [2.24, 2.45) is 21.1 Å². The van der Waals surface area contributed by atoms with E-state index in [0.29, 0.717) is 60.5 Å². The van der Waals surface area contributed by atoms with Crippen molar-refractivity contribution in [2.75, 3.05) is 73.8 Å². The molecule has 0 aromatic carbocycles. The van der Waals surface area contributed by atoms with E-state index in [1.165, 1.54) is 12.1 Å². The minimum atomic E-state index is -0.539. The number of nitrogens with zero attached hydrogens (tertiary/aromatic N) is 5. The first-order chi connectivity index (χ1) is 23.5. The monoisotopic (exact) mass is 714 g/mol. The zero-order valence-corrected chi connectivity index (χ0v) is 28.9. The first-order valence-corrected chi connectivity index (χ1v) is 16.7. The Kier molecular flexibility index (Phi) is 11.7. The fourth-order valence-corrected chi connectivity index (χ4v) is 6.26. The molecule has 0 radical (unpaired) electrons. The third kappa shape index (κ3) is 8.87. The second kappa shape index (κ2) is 16.1. The number of hydrogen-bond donors (Lipinski definition) is 6. The Hall–Kier alpha value is -4.68. The van der Waals surface area contributed by atoms with Gasteiger partial charge in [-0.25, -0.2) is 0 Å². The molecule has 0 unspecified atom stereocenters. The molecule has 49 heavy (non-hydrogen) atoms. The predicted molar refractivity (Wildman–Crippen MR) is 187 cm³/mol. The summed E-state index contributed by atoms with van der Waals surface area (Å²) in [5.41, 5.74) is 2.16. The summed E-state index contributed by atoms with van der Waals surface area (Å²) in [4.78, 5) is 54.2. The molecule has 1 aliphatic heterocycles. The summed E-state index contributed by atoms with van der Waals surface area (Å²) in [6.45, 7) is 4.79. The maximum atomic E-state index is 13.2. The quantitative estimate of drug-likeness (QED) is 0.107. The molecular formula is C31H39ClN10O6S. The Labute approximate surface area is 291 Å². The number of aryl methyl sites for hydroxylation is 3. The van der Waals surface area contributed by atoms with Gasteiger partial charge in [-0.15, -0.1) is 0 Å². The van der Waals surface area contributed by atoms with Crippen LogP contribution in [0.4, 0.5) is 22.1 Å². The van der Waals surface area contributed by atoms with Crippen LogP contribution in [-0.4, -0.2) is 104 Å². The molecule has 5 rings (SSSR count). The highest BCUT2D eigenvalue weighted by atomic mass is 35.5. The van der Waals surface area contributed by atoms with E-state index in [1.807, 2.05) is 0 Å². The lowest BCUT2D eigenvalue weighted by Gasteiger charge is -2.26. The van der Waals surface area contributed by atoms with Crippen LogP contribution in [0.2, 0.25) is 5.02 Å². The molecule has 4 aromatic heterocycles. The number of halogens is 1. The maximum Gasteiger partial charge on any atom is 0.277 e. The summed E-state index contributed by atoms with van der Waals surface area (Å²) >= 11 is 7.36. The van der Waals surface area contributed by atoms with Crippen LogP contribution in [0.25, 0.3) is 0 Å². The van der Waals surface area contributed by atoms with E-state index in [9.17, 15) is 19.2 Å². The molecule has 0 bridgehead atoms. The summed E-state index contributed by atoms with van der Waals surface area (Å²) < 4.78 is 14.3. The summed E-state index contributed by atoms with van der Waals surface area (Å²) in [6, 6.07) is 4.66. The molecule has 1 fully saturated rings. The Balaban J connectivity index is 1.16. The van der Waals surface area contributed by atoms with Crippen molar-refractivity contribution in [3.8, 4) is 0 Å². The molecule has 0 saturated carbocycles. The molecule has 4 aromatic rings. The number of aliphatic hydroxyl groups excluding tert-OH is 1. The van der Waals surface area contributed by atoms with Gasteiger partial charge < -0.3 is 50.1 Å². The van der Waals surface area contributed by atoms with Crippen LogP contribution in [-0.2, 0) is 25.9 Å². The second-order valence-corrected chi connectivity index (χ2v) is 12.6. The summed E-state index contributed by atoms with van der Waals surface area (Å²) in [6.07, 6.45) is 5.36. The maximum absolute atomic E-state index is 13.2. The highest BCUT2D eigenvalue weighted by molar-refractivity contribution is 7.11. The highest BCUT2D eigenvalue weighted by Gasteiger charge is 2.22. The van der Waals surface area contributed by atoms with Crippen molar-refractivity contribution < 1.29 is 29.0 Å². The third-order valence-corrected chi connectivity index (χ3v) is 9.06. The Morgan fingerprint density at radius 3 is 1.86 bits per heavy atom. The largest absolute Gasteiger partial charge is 0.396 e. The van der Waals surface area contributed by atoms with Crippen LogP contribution in [0.15, 0.2) is 36.8 Å². The first-order valence-electron chi connectivity index (χ1n) is 15.6. The number of hydrogen-bond acceptors (Lipinski definition) is 10. The van der Waals surface area contributed by atoms with E-state index in [-0.39, 0.29) is 34.6 Å². The number of carbonyl (C=O) groups excluding carboxylic acids is 4. The van der Waals surface area contributed by atoms with E-state index in [0.717, 1.165) is 31.2 Å². The normalized spacial score (nSPS) is 13.2. The molecule has 18 heteroatoms. The zero-order chi connectivity index (χ0) is 35.1. The van der Waals surface area contributed by atoms with Crippen LogP contribution in [0.1, 0.15) is 48.4 Å². The summed E-state index contributed by atoms with van der Waals surface area (Å²) in [5, 5.41) is 23.9. The molecule has 262 valence electrons. The van der Waals surface area contributed by atoms with E-state index >= 15 is 0 Å². The third-order valence-electron chi connectivity index (χ3n) is 7.77. The molecule has 1 aliphatic rings. The number of ether oxygens (including phenoxy) is 1. The van der Waals surface area contributed by atoms with Crippen molar-refractivity contribution in [1.29, 1.82) is 0 Å². The van der Waals surface area contributed by atoms with Gasteiger partial charge in [0.15, 0.2) is 5.69 Å². The average molecular weight is 715 g/mol. The fourth-order valence-electron chi connectivity index (χ4n) is 5.21. The standard InChI is InChI=1S/C31H39ClN10O6S/c1-39-16-19(13-22(39)27(44)33-6-7-42-8-11-48-12-9-42)35-28(45)23-14-20(17-40(23)2)36-29(46)24-15-21(18-41(24)3)37-30(47)26-25(32)31(49-38-26)34-5-4-10-43/h13-18,34,43H,4-12H2,1-3H3,(H,33,44)(H,35,45)(H,36,46)(H,37,47). The van der Waals surface area contributed by atoms with Crippen molar-refractivity contribution >= 4 is 68.8 Å². The molecular weight excluding hydrogens is 676 g/mol. The number of anilines is 4. The van der Waals surface area contributed by atoms with Gasteiger partial charge in [0, 0.05) is 79.1 Å². The number of rotatable bonds is 14. The van der Waals surface area contributed by atoms with E-state index in [1.54, 1.807) is 59.5 Å². The number of aromatic nitrogens is 4. The molecule has 6 N–H and O–H groups in total. The Morgan fingerprint density at radius 2 is 1.33 bits per heavy atom. The van der Waals surface area contributed by atoms with Crippen molar-refractivity contribution in [2.45, 2.75) is 6.42 Å². The SMILES string of the molecule is Cn1cc(NC(=O)c2cc(NC(=O)c3cc(NC(=O)c4nsc(NCCCO)c4Cl)cn3C)cn2C)cc1C(=O)NCCN1CCOCC1. The van der Waals surface area contributed by atoms with Crippen LogP contribution in [0.3, 0.4) is 0 Å². The average Bonchev–Trinajstić information content (AvgIpc) is 3.83. The van der Waals surface area contributed by atoms with E-state index < -0.39 is 17.7 Å². The first kappa shape index (κ1) is 35.6. The molecule has 5 heterocycles. The topological polar surface area (TPSA) is 189 Å². The van der Waals surface area contributed by atoms with Gasteiger partial charge >= 0.3 is 0 Å². The van der Waals surface area contributed by atoms with Crippen LogP contribution in [0.5, 0.6) is 0 Å². The lowest BCUT2D eigenvalue weighted by Crippen LogP contribution is -2.41. The van der Waals surface area contributed by atoms with Gasteiger partial charge in [0.05, 0.1) is 30.3 Å². The number of carbonyl (C=O) groups is 4. The van der Waals surface area contributed by atoms with Crippen molar-refractivity contribution in [3.05, 3.63) is 64.6 Å². The van der Waals surface area contributed by atoms with Crippen LogP contribution in [0, 0.1) is 0 Å². The molecule has 16 nitrogen and oxygen atoms in total. The van der Waals surface area contributed by atoms with Crippen molar-refractivity contribution in [1.82, 2.24) is 28.3 Å². The Bertz CT molecular complexity index is 1820. The van der Waals surface area contributed by atoms with E-state index in [2.05, 4.69) is 35.9 Å². The number of morpholine rings is 1. The predicted octanol–water partition coefficient (Wildman–Crippen LogP) is 2.43. The summed E-state index contributed by atoms with van der Waals surface area (Å²) in [7, 11) is 5.06. The minimum Gasteiger partial charge on any atom is -0.396 e. The lowest BCUT2D eigenvalue weighted by molar-refractivity contribution is 0.0383. The van der Waals surface area contributed by atoms with Gasteiger partial charge in [0.25, 0.3) is 23.6 Å². The van der Waals surface area contributed by atoms with Gasteiger partial charge in [-0.2, -0.15) is 4.37 Å². The van der Waals surface area contributed by atoms with Gasteiger partial charge in [-0.3, -0.25) is 24.1 Å². The molecule has 1 saturated heterocycles. The van der Waals surface area contributed by atoms with Gasteiger partial charge in [0.2, 0.25) is 0 Å². The molecule has 0 atom stereocenters. The van der Waals surface area contributed by atoms with Crippen LogP contribution >= 0.6 is 23.1 Å². The van der Waals surface area contributed by atoms with Gasteiger partial charge in [0.1, 0.15) is 27.1 Å². The fraction of sp³-hybridized carbons (Fsp3) is 0.387. The highest BCUT2D eigenvalue weighted by Crippen LogP contribution is 2.31. The number of amides is 4. The van der Waals surface area contributed by atoms with Crippen LogP contribution < -0.4 is 26.6 Å². The van der Waals surface area contributed by atoms with Crippen molar-refractivity contribution in [3.63, 3.8) is 0 Å². The Morgan fingerprint density at radius 1 is 0.816 bits per heavy atom. The van der Waals surface area contributed by atoms with Gasteiger partial charge in [-0.05, 0) is 36.2 Å². The second-order valence-electron chi connectivity index (χ2n) is 11.4.